The second-order valence-corrected chi connectivity index (χ2v) is 7.10. The summed E-state index contributed by atoms with van der Waals surface area (Å²) >= 11 is 1.63. The van der Waals surface area contributed by atoms with E-state index < -0.39 is 0 Å². The van der Waals surface area contributed by atoms with E-state index in [9.17, 15) is 0 Å². The van der Waals surface area contributed by atoms with Crippen LogP contribution in [0.1, 0.15) is 31.3 Å². The van der Waals surface area contributed by atoms with Crippen molar-refractivity contribution in [3.05, 3.63) is 47.2 Å². The lowest BCUT2D eigenvalue weighted by molar-refractivity contribution is 0.488. The van der Waals surface area contributed by atoms with Crippen LogP contribution >= 0.6 is 35.3 Å². The standard InChI is InChI=1S/C19H25N5OS.HI/c1-5-20-18(21-11-15-12-26-19(23-15)24(3)4)22-13(2)17-10-14-8-6-7-9-16(14)25-17;/h6-10,12-13H,5,11H2,1-4H3,(H2,20,21,22);1H. The molecular formula is C19H26IN5OS. The van der Waals surface area contributed by atoms with Crippen LogP contribution in [0, 0.1) is 0 Å². The molecular weight excluding hydrogens is 473 g/mol. The molecule has 0 saturated heterocycles. The van der Waals surface area contributed by atoms with Gasteiger partial charge in [0.05, 0.1) is 18.3 Å². The van der Waals surface area contributed by atoms with Crippen LogP contribution in [-0.4, -0.2) is 31.6 Å². The molecule has 2 heterocycles. The average molecular weight is 499 g/mol. The molecule has 1 unspecified atom stereocenters. The number of rotatable bonds is 6. The third kappa shape index (κ3) is 5.58. The minimum atomic E-state index is 0. The summed E-state index contributed by atoms with van der Waals surface area (Å²) < 4.78 is 5.94. The van der Waals surface area contributed by atoms with Gasteiger partial charge in [-0.15, -0.1) is 35.3 Å². The van der Waals surface area contributed by atoms with E-state index in [0.717, 1.165) is 40.1 Å². The number of anilines is 1. The fraction of sp³-hybridized carbons (Fsp3) is 0.368. The first kappa shape index (κ1) is 21.5. The summed E-state index contributed by atoms with van der Waals surface area (Å²) in [6.07, 6.45) is 0. The number of nitrogens with one attached hydrogen (secondary N) is 2. The highest BCUT2D eigenvalue weighted by Crippen LogP contribution is 2.23. The van der Waals surface area contributed by atoms with Gasteiger partial charge in [-0.2, -0.15) is 0 Å². The lowest BCUT2D eigenvalue weighted by Crippen LogP contribution is -2.38. The Labute approximate surface area is 181 Å². The Morgan fingerprint density at radius 1 is 1.33 bits per heavy atom. The van der Waals surface area contributed by atoms with Crippen LogP contribution in [0.15, 0.2) is 45.1 Å². The highest BCUT2D eigenvalue weighted by atomic mass is 127. The molecule has 3 aromatic rings. The van der Waals surface area contributed by atoms with Gasteiger partial charge in [-0.3, -0.25) is 0 Å². The van der Waals surface area contributed by atoms with Gasteiger partial charge in [-0.05, 0) is 26.0 Å². The van der Waals surface area contributed by atoms with E-state index in [-0.39, 0.29) is 30.0 Å². The summed E-state index contributed by atoms with van der Waals surface area (Å²) in [6.45, 7) is 5.44. The van der Waals surface area contributed by atoms with Crippen molar-refractivity contribution in [3.8, 4) is 0 Å². The van der Waals surface area contributed by atoms with Crippen LogP contribution in [0.4, 0.5) is 5.13 Å². The molecule has 0 fully saturated rings. The van der Waals surface area contributed by atoms with Gasteiger partial charge in [-0.25, -0.2) is 9.98 Å². The Bertz CT molecular complexity index is 856. The third-order valence-corrected chi connectivity index (χ3v) is 4.95. The smallest absolute Gasteiger partial charge is 0.192 e. The normalized spacial score (nSPS) is 12.5. The molecule has 1 aromatic carbocycles. The number of para-hydroxylation sites is 1. The Morgan fingerprint density at radius 3 is 2.78 bits per heavy atom. The number of halogens is 1. The number of aliphatic imine (C=N–C) groups is 1. The largest absolute Gasteiger partial charge is 0.459 e. The topological polar surface area (TPSA) is 65.7 Å². The highest BCUT2D eigenvalue weighted by Gasteiger charge is 2.13. The Morgan fingerprint density at radius 2 is 2.11 bits per heavy atom. The molecule has 0 spiro atoms. The van der Waals surface area contributed by atoms with Crippen molar-refractivity contribution in [1.82, 2.24) is 15.6 Å². The maximum atomic E-state index is 5.94. The lowest BCUT2D eigenvalue weighted by Gasteiger charge is -2.15. The second kappa shape index (κ2) is 9.93. The quantitative estimate of drug-likeness (QED) is 0.299. The summed E-state index contributed by atoms with van der Waals surface area (Å²) in [5, 5.41) is 10.8. The molecule has 0 amide bonds. The number of furan rings is 1. The number of thiazole rings is 1. The molecule has 0 aliphatic heterocycles. The molecule has 0 radical (unpaired) electrons. The van der Waals surface area contributed by atoms with Crippen LogP contribution in [0.3, 0.4) is 0 Å². The van der Waals surface area contributed by atoms with Gasteiger partial charge in [0.15, 0.2) is 11.1 Å². The Balaban J connectivity index is 0.00000261. The van der Waals surface area contributed by atoms with Crippen molar-refractivity contribution in [2.45, 2.75) is 26.4 Å². The monoisotopic (exact) mass is 499 g/mol. The Hall–Kier alpha value is -1.81. The molecule has 2 aromatic heterocycles. The average Bonchev–Trinajstić information content (AvgIpc) is 3.26. The van der Waals surface area contributed by atoms with E-state index in [1.807, 2.05) is 42.6 Å². The van der Waals surface area contributed by atoms with Crippen LogP contribution in [-0.2, 0) is 6.54 Å². The van der Waals surface area contributed by atoms with Gasteiger partial charge in [-0.1, -0.05) is 18.2 Å². The van der Waals surface area contributed by atoms with E-state index in [2.05, 4.69) is 46.6 Å². The number of hydrogen-bond donors (Lipinski definition) is 2. The number of nitrogens with zero attached hydrogens (tertiary/aromatic N) is 3. The summed E-state index contributed by atoms with van der Waals surface area (Å²) in [6, 6.07) is 10.1. The number of guanidine groups is 1. The first-order chi connectivity index (χ1) is 12.6. The molecule has 0 aliphatic carbocycles. The second-order valence-electron chi connectivity index (χ2n) is 6.26. The van der Waals surface area contributed by atoms with Crippen molar-refractivity contribution < 1.29 is 4.42 Å². The summed E-state index contributed by atoms with van der Waals surface area (Å²) in [4.78, 5) is 11.2. The van der Waals surface area contributed by atoms with Crippen LogP contribution in [0.25, 0.3) is 11.0 Å². The fourth-order valence-corrected chi connectivity index (χ4v) is 3.30. The number of hydrogen-bond acceptors (Lipinski definition) is 5. The van der Waals surface area contributed by atoms with Gasteiger partial charge in [0.2, 0.25) is 0 Å². The molecule has 2 N–H and O–H groups in total. The SMILES string of the molecule is CCNC(=NCc1csc(N(C)C)n1)NC(C)c1cc2ccccc2o1.I. The van der Waals surface area contributed by atoms with Crippen LogP contribution < -0.4 is 15.5 Å². The van der Waals surface area contributed by atoms with Crippen molar-refractivity contribution in [1.29, 1.82) is 0 Å². The summed E-state index contributed by atoms with van der Waals surface area (Å²) in [5.74, 6) is 1.64. The molecule has 1 atom stereocenters. The van der Waals surface area contributed by atoms with E-state index in [1.165, 1.54) is 0 Å². The predicted molar refractivity (Wildman–Crippen MR) is 124 cm³/mol. The van der Waals surface area contributed by atoms with Crippen molar-refractivity contribution >= 4 is 57.4 Å². The Kier molecular flexibility index (Phi) is 7.91. The van der Waals surface area contributed by atoms with E-state index in [1.54, 1.807) is 11.3 Å². The predicted octanol–water partition coefficient (Wildman–Crippen LogP) is 4.39. The molecule has 3 rings (SSSR count). The molecule has 27 heavy (non-hydrogen) atoms. The zero-order chi connectivity index (χ0) is 18.5. The zero-order valence-electron chi connectivity index (χ0n) is 16.0. The molecule has 0 saturated carbocycles. The number of benzene rings is 1. The molecule has 146 valence electrons. The van der Waals surface area contributed by atoms with Gasteiger partial charge < -0.3 is 20.0 Å². The van der Waals surface area contributed by atoms with E-state index in [4.69, 9.17) is 4.42 Å². The minimum absolute atomic E-state index is 0. The molecule has 8 heteroatoms. The lowest BCUT2D eigenvalue weighted by atomic mass is 10.2. The van der Waals surface area contributed by atoms with Crippen molar-refractivity contribution in [2.24, 2.45) is 4.99 Å². The molecule has 0 bridgehead atoms. The summed E-state index contributed by atoms with van der Waals surface area (Å²) in [7, 11) is 3.99. The van der Waals surface area contributed by atoms with Gasteiger partial charge in [0, 0.05) is 31.4 Å². The van der Waals surface area contributed by atoms with Gasteiger partial charge in [0.1, 0.15) is 11.3 Å². The van der Waals surface area contributed by atoms with Gasteiger partial charge in [0.25, 0.3) is 0 Å². The number of aromatic nitrogens is 1. The zero-order valence-corrected chi connectivity index (χ0v) is 19.2. The summed E-state index contributed by atoms with van der Waals surface area (Å²) in [5.41, 5.74) is 1.86. The fourth-order valence-electron chi connectivity index (χ4n) is 2.55. The van der Waals surface area contributed by atoms with Gasteiger partial charge >= 0.3 is 0 Å². The maximum absolute atomic E-state index is 5.94. The van der Waals surface area contributed by atoms with Crippen molar-refractivity contribution in [2.75, 3.05) is 25.5 Å². The van der Waals surface area contributed by atoms with Crippen molar-refractivity contribution in [3.63, 3.8) is 0 Å². The minimum Gasteiger partial charge on any atom is -0.459 e. The maximum Gasteiger partial charge on any atom is 0.192 e. The first-order valence-electron chi connectivity index (χ1n) is 8.72. The molecule has 6 nitrogen and oxygen atoms in total. The third-order valence-electron chi connectivity index (χ3n) is 3.89. The van der Waals surface area contributed by atoms with E-state index >= 15 is 0 Å². The molecule has 0 aliphatic rings. The first-order valence-corrected chi connectivity index (χ1v) is 9.60. The van der Waals surface area contributed by atoms with E-state index in [0.29, 0.717) is 6.54 Å². The van der Waals surface area contributed by atoms with Crippen LogP contribution in [0.2, 0.25) is 0 Å². The highest BCUT2D eigenvalue weighted by molar-refractivity contribution is 14.0. The number of fused-ring (bicyclic) bond motifs is 1. The van der Waals surface area contributed by atoms with Crippen LogP contribution in [0.5, 0.6) is 0 Å².